The number of nitrogens with two attached hydrogens (primary N) is 1. The standard InChI is InChI=1S/C16H24N2O/c1-12(2)14-6-8-18(9-7-14)16(19)15-5-3-4-13(10-15)11-17/h3-5,10,12,14H,6-9,11,17H2,1-2H3. The molecule has 1 aromatic carbocycles. The van der Waals surface area contributed by atoms with Crippen LogP contribution in [-0.4, -0.2) is 23.9 Å². The number of carbonyl (C=O) groups is 1. The fourth-order valence-corrected chi connectivity index (χ4v) is 2.78. The summed E-state index contributed by atoms with van der Waals surface area (Å²) in [5.74, 6) is 1.63. The van der Waals surface area contributed by atoms with E-state index < -0.39 is 0 Å². The Kier molecular flexibility index (Phi) is 4.59. The summed E-state index contributed by atoms with van der Waals surface area (Å²) < 4.78 is 0. The molecule has 3 heteroatoms. The zero-order valence-electron chi connectivity index (χ0n) is 11.9. The lowest BCUT2D eigenvalue weighted by Gasteiger charge is -2.34. The van der Waals surface area contributed by atoms with Crippen molar-refractivity contribution in [3.8, 4) is 0 Å². The minimum absolute atomic E-state index is 0.150. The summed E-state index contributed by atoms with van der Waals surface area (Å²) in [5.41, 5.74) is 7.41. The second kappa shape index (κ2) is 6.20. The molecule has 0 saturated carbocycles. The summed E-state index contributed by atoms with van der Waals surface area (Å²) in [6.45, 7) is 6.79. The predicted molar refractivity (Wildman–Crippen MR) is 77.8 cm³/mol. The molecular weight excluding hydrogens is 236 g/mol. The highest BCUT2D eigenvalue weighted by molar-refractivity contribution is 5.94. The third-order valence-corrected chi connectivity index (χ3v) is 4.18. The van der Waals surface area contributed by atoms with Crippen LogP contribution in [0.3, 0.4) is 0 Å². The number of piperidine rings is 1. The minimum Gasteiger partial charge on any atom is -0.339 e. The number of rotatable bonds is 3. The van der Waals surface area contributed by atoms with E-state index in [4.69, 9.17) is 5.73 Å². The van der Waals surface area contributed by atoms with E-state index in [1.165, 1.54) is 0 Å². The lowest BCUT2D eigenvalue weighted by atomic mass is 9.86. The number of likely N-dealkylation sites (tertiary alicyclic amines) is 1. The van der Waals surface area contributed by atoms with Crippen LogP contribution < -0.4 is 5.73 Å². The van der Waals surface area contributed by atoms with E-state index >= 15 is 0 Å². The lowest BCUT2D eigenvalue weighted by Crippen LogP contribution is -2.39. The molecule has 0 radical (unpaired) electrons. The van der Waals surface area contributed by atoms with Gasteiger partial charge < -0.3 is 10.6 Å². The van der Waals surface area contributed by atoms with Crippen LogP contribution in [0.2, 0.25) is 0 Å². The highest BCUT2D eigenvalue weighted by Crippen LogP contribution is 2.25. The summed E-state index contributed by atoms with van der Waals surface area (Å²) >= 11 is 0. The van der Waals surface area contributed by atoms with Gasteiger partial charge in [0.1, 0.15) is 0 Å². The van der Waals surface area contributed by atoms with Crippen LogP contribution in [0, 0.1) is 11.8 Å². The Hall–Kier alpha value is -1.35. The Morgan fingerprint density at radius 3 is 2.63 bits per heavy atom. The molecule has 2 N–H and O–H groups in total. The fourth-order valence-electron chi connectivity index (χ4n) is 2.78. The molecule has 19 heavy (non-hydrogen) atoms. The molecule has 3 nitrogen and oxygen atoms in total. The van der Waals surface area contributed by atoms with E-state index in [9.17, 15) is 4.79 Å². The summed E-state index contributed by atoms with van der Waals surface area (Å²) in [7, 11) is 0. The van der Waals surface area contributed by atoms with Gasteiger partial charge in [0.25, 0.3) is 5.91 Å². The van der Waals surface area contributed by atoms with Gasteiger partial charge >= 0.3 is 0 Å². The Labute approximate surface area is 115 Å². The normalized spacial score (nSPS) is 16.9. The Morgan fingerprint density at radius 2 is 2.05 bits per heavy atom. The van der Waals surface area contributed by atoms with Gasteiger partial charge in [-0.15, -0.1) is 0 Å². The van der Waals surface area contributed by atoms with E-state index in [2.05, 4.69) is 13.8 Å². The third-order valence-electron chi connectivity index (χ3n) is 4.18. The molecule has 1 aromatic rings. The molecule has 1 aliphatic heterocycles. The quantitative estimate of drug-likeness (QED) is 0.908. The van der Waals surface area contributed by atoms with Crippen LogP contribution >= 0.6 is 0 Å². The second-order valence-corrected chi connectivity index (χ2v) is 5.78. The van der Waals surface area contributed by atoms with Gasteiger partial charge in [-0.05, 0) is 42.4 Å². The average molecular weight is 260 g/mol. The number of benzene rings is 1. The first-order valence-electron chi connectivity index (χ1n) is 7.20. The number of hydrogen-bond acceptors (Lipinski definition) is 2. The Balaban J connectivity index is 2.01. The first-order chi connectivity index (χ1) is 9.11. The van der Waals surface area contributed by atoms with Crippen molar-refractivity contribution >= 4 is 5.91 Å². The van der Waals surface area contributed by atoms with Crippen molar-refractivity contribution in [2.24, 2.45) is 17.6 Å². The number of hydrogen-bond donors (Lipinski definition) is 1. The van der Waals surface area contributed by atoms with Gasteiger partial charge in [0.2, 0.25) is 0 Å². The van der Waals surface area contributed by atoms with Crippen molar-refractivity contribution in [3.63, 3.8) is 0 Å². The molecular formula is C16H24N2O. The second-order valence-electron chi connectivity index (χ2n) is 5.78. The molecule has 1 heterocycles. The monoisotopic (exact) mass is 260 g/mol. The van der Waals surface area contributed by atoms with E-state index in [1.54, 1.807) is 0 Å². The SMILES string of the molecule is CC(C)C1CCN(C(=O)c2cccc(CN)c2)CC1. The minimum atomic E-state index is 0.150. The van der Waals surface area contributed by atoms with Crippen molar-refractivity contribution in [2.75, 3.05) is 13.1 Å². The van der Waals surface area contributed by atoms with Crippen molar-refractivity contribution < 1.29 is 4.79 Å². The van der Waals surface area contributed by atoms with Gasteiger partial charge in [-0.2, -0.15) is 0 Å². The Bertz CT molecular complexity index is 434. The Morgan fingerprint density at radius 1 is 1.37 bits per heavy atom. The van der Waals surface area contributed by atoms with Gasteiger partial charge in [0.15, 0.2) is 0 Å². The fraction of sp³-hybridized carbons (Fsp3) is 0.562. The van der Waals surface area contributed by atoms with Crippen LogP contribution in [0.4, 0.5) is 0 Å². The molecule has 0 spiro atoms. The summed E-state index contributed by atoms with van der Waals surface area (Å²) in [6, 6.07) is 7.67. The average Bonchev–Trinajstić information content (AvgIpc) is 2.46. The first-order valence-corrected chi connectivity index (χ1v) is 7.20. The van der Waals surface area contributed by atoms with Crippen molar-refractivity contribution in [2.45, 2.75) is 33.2 Å². The molecule has 0 atom stereocenters. The van der Waals surface area contributed by atoms with Gasteiger partial charge in [-0.1, -0.05) is 26.0 Å². The molecule has 0 bridgehead atoms. The molecule has 0 unspecified atom stereocenters. The van der Waals surface area contributed by atoms with Crippen molar-refractivity contribution in [1.82, 2.24) is 4.90 Å². The van der Waals surface area contributed by atoms with E-state index in [1.807, 2.05) is 29.2 Å². The predicted octanol–water partition coefficient (Wildman–Crippen LogP) is 2.65. The zero-order valence-corrected chi connectivity index (χ0v) is 11.9. The molecule has 1 aliphatic rings. The van der Waals surface area contributed by atoms with E-state index in [0.29, 0.717) is 6.54 Å². The van der Waals surface area contributed by atoms with Crippen LogP contribution in [-0.2, 0) is 6.54 Å². The summed E-state index contributed by atoms with van der Waals surface area (Å²) in [6.07, 6.45) is 2.25. The van der Waals surface area contributed by atoms with Crippen molar-refractivity contribution in [3.05, 3.63) is 35.4 Å². The molecule has 1 fully saturated rings. The molecule has 2 rings (SSSR count). The van der Waals surface area contributed by atoms with Crippen LogP contribution in [0.25, 0.3) is 0 Å². The van der Waals surface area contributed by atoms with E-state index in [0.717, 1.165) is 48.9 Å². The third kappa shape index (κ3) is 3.35. The van der Waals surface area contributed by atoms with Crippen LogP contribution in [0.15, 0.2) is 24.3 Å². The van der Waals surface area contributed by atoms with Crippen molar-refractivity contribution in [1.29, 1.82) is 0 Å². The number of nitrogens with zero attached hydrogens (tertiary/aromatic N) is 1. The summed E-state index contributed by atoms with van der Waals surface area (Å²) in [5, 5.41) is 0. The van der Waals surface area contributed by atoms with Gasteiger partial charge in [0.05, 0.1) is 0 Å². The molecule has 0 aromatic heterocycles. The van der Waals surface area contributed by atoms with Gasteiger partial charge in [-0.25, -0.2) is 0 Å². The number of amides is 1. The van der Waals surface area contributed by atoms with Crippen LogP contribution in [0.5, 0.6) is 0 Å². The topological polar surface area (TPSA) is 46.3 Å². The van der Waals surface area contributed by atoms with Gasteiger partial charge in [-0.3, -0.25) is 4.79 Å². The lowest BCUT2D eigenvalue weighted by molar-refractivity contribution is 0.0667. The van der Waals surface area contributed by atoms with E-state index in [-0.39, 0.29) is 5.91 Å². The maximum atomic E-state index is 12.4. The molecule has 0 aliphatic carbocycles. The first kappa shape index (κ1) is 14.1. The smallest absolute Gasteiger partial charge is 0.253 e. The van der Waals surface area contributed by atoms with Crippen LogP contribution in [0.1, 0.15) is 42.6 Å². The molecule has 1 saturated heterocycles. The molecule has 104 valence electrons. The van der Waals surface area contributed by atoms with Gasteiger partial charge in [0, 0.05) is 25.2 Å². The maximum Gasteiger partial charge on any atom is 0.253 e. The maximum absolute atomic E-state index is 12.4. The summed E-state index contributed by atoms with van der Waals surface area (Å²) in [4.78, 5) is 14.4. The highest BCUT2D eigenvalue weighted by atomic mass is 16.2. The number of carbonyl (C=O) groups excluding carboxylic acids is 1. The molecule has 1 amide bonds. The largest absolute Gasteiger partial charge is 0.339 e. The zero-order chi connectivity index (χ0) is 13.8. The highest BCUT2D eigenvalue weighted by Gasteiger charge is 2.25.